The van der Waals surface area contributed by atoms with Crippen molar-refractivity contribution in [3.63, 3.8) is 0 Å². The van der Waals surface area contributed by atoms with Crippen LogP contribution >= 0.6 is 11.3 Å². The molecule has 5 heteroatoms. The summed E-state index contributed by atoms with van der Waals surface area (Å²) in [6.07, 6.45) is 0.968. The number of aromatic hydroxyl groups is 1. The van der Waals surface area contributed by atoms with Gasteiger partial charge >= 0.3 is 0 Å². The van der Waals surface area contributed by atoms with Gasteiger partial charge in [0.05, 0.1) is 0 Å². The smallest absolute Gasteiger partial charge is 0.271 e. The van der Waals surface area contributed by atoms with E-state index in [1.807, 2.05) is 6.92 Å². The standard InChI is InChI=1S/C10H12N2O2S/c1-3-6(2)9-11-10(14-12-9)8-7(13)4-5-15-8/h4-6,13H,3H2,1-2H3. The van der Waals surface area contributed by atoms with Gasteiger partial charge in [0.2, 0.25) is 0 Å². The van der Waals surface area contributed by atoms with Crippen molar-refractivity contribution >= 4 is 11.3 Å². The lowest BCUT2D eigenvalue weighted by Gasteiger charge is -1.98. The SMILES string of the molecule is CCC(C)c1noc(-c2sccc2O)n1. The van der Waals surface area contributed by atoms with E-state index in [4.69, 9.17) is 4.52 Å². The van der Waals surface area contributed by atoms with Crippen molar-refractivity contribution in [1.29, 1.82) is 0 Å². The largest absolute Gasteiger partial charge is 0.506 e. The van der Waals surface area contributed by atoms with E-state index in [-0.39, 0.29) is 11.7 Å². The molecule has 0 saturated carbocycles. The molecular formula is C10H12N2O2S. The van der Waals surface area contributed by atoms with E-state index in [1.165, 1.54) is 11.3 Å². The highest BCUT2D eigenvalue weighted by Crippen LogP contribution is 2.33. The van der Waals surface area contributed by atoms with Gasteiger partial charge in [0, 0.05) is 5.92 Å². The maximum atomic E-state index is 9.49. The highest BCUT2D eigenvalue weighted by Gasteiger charge is 2.16. The van der Waals surface area contributed by atoms with E-state index in [1.54, 1.807) is 11.4 Å². The fraction of sp³-hybridized carbons (Fsp3) is 0.400. The quantitative estimate of drug-likeness (QED) is 0.870. The molecule has 0 saturated heterocycles. The van der Waals surface area contributed by atoms with Crippen LogP contribution in [0.4, 0.5) is 0 Å². The van der Waals surface area contributed by atoms with Crippen LogP contribution in [0.25, 0.3) is 10.8 Å². The molecule has 0 aliphatic rings. The monoisotopic (exact) mass is 224 g/mol. The molecule has 0 amide bonds. The van der Waals surface area contributed by atoms with Crippen LogP contribution in [0.5, 0.6) is 5.75 Å². The van der Waals surface area contributed by atoms with Crippen molar-refractivity contribution in [2.45, 2.75) is 26.2 Å². The van der Waals surface area contributed by atoms with Gasteiger partial charge in [0.1, 0.15) is 10.6 Å². The van der Waals surface area contributed by atoms with E-state index in [0.29, 0.717) is 16.6 Å². The van der Waals surface area contributed by atoms with E-state index in [2.05, 4.69) is 17.1 Å². The molecule has 2 aromatic rings. The summed E-state index contributed by atoms with van der Waals surface area (Å²) in [6, 6.07) is 1.62. The Bertz CT molecular complexity index is 450. The summed E-state index contributed by atoms with van der Waals surface area (Å²) in [7, 11) is 0. The summed E-state index contributed by atoms with van der Waals surface area (Å²) in [6.45, 7) is 4.12. The summed E-state index contributed by atoms with van der Waals surface area (Å²) in [5.41, 5.74) is 0. The Morgan fingerprint density at radius 2 is 2.40 bits per heavy atom. The van der Waals surface area contributed by atoms with Gasteiger partial charge in [-0.3, -0.25) is 0 Å². The molecule has 0 spiro atoms. The second-order valence-electron chi connectivity index (χ2n) is 3.40. The third kappa shape index (κ3) is 1.87. The Balaban J connectivity index is 2.32. The summed E-state index contributed by atoms with van der Waals surface area (Å²) in [5.74, 6) is 1.57. The fourth-order valence-electron chi connectivity index (χ4n) is 1.17. The van der Waals surface area contributed by atoms with Crippen LogP contribution < -0.4 is 0 Å². The van der Waals surface area contributed by atoms with Gasteiger partial charge in [-0.15, -0.1) is 11.3 Å². The highest BCUT2D eigenvalue weighted by molar-refractivity contribution is 7.13. The van der Waals surface area contributed by atoms with Crippen LogP contribution in [0.2, 0.25) is 0 Å². The predicted molar refractivity (Wildman–Crippen MR) is 58.0 cm³/mol. The first kappa shape index (κ1) is 10.2. The lowest BCUT2D eigenvalue weighted by atomic mass is 10.1. The lowest BCUT2D eigenvalue weighted by Crippen LogP contribution is -1.93. The number of aromatic nitrogens is 2. The molecule has 0 aromatic carbocycles. The van der Waals surface area contributed by atoms with Crippen molar-refractivity contribution in [3.05, 3.63) is 17.3 Å². The number of nitrogens with zero attached hydrogens (tertiary/aromatic N) is 2. The van der Waals surface area contributed by atoms with Crippen molar-refractivity contribution < 1.29 is 9.63 Å². The fourth-order valence-corrected chi connectivity index (χ4v) is 1.88. The molecule has 15 heavy (non-hydrogen) atoms. The van der Waals surface area contributed by atoms with Gasteiger partial charge in [-0.2, -0.15) is 4.98 Å². The third-order valence-corrected chi connectivity index (χ3v) is 3.23. The molecule has 2 rings (SSSR count). The second-order valence-corrected chi connectivity index (χ2v) is 4.32. The molecule has 0 bridgehead atoms. The summed E-state index contributed by atoms with van der Waals surface area (Å²) < 4.78 is 5.10. The highest BCUT2D eigenvalue weighted by atomic mass is 32.1. The van der Waals surface area contributed by atoms with Crippen molar-refractivity contribution in [2.24, 2.45) is 0 Å². The van der Waals surface area contributed by atoms with Gasteiger partial charge in [-0.1, -0.05) is 19.0 Å². The number of rotatable bonds is 3. The van der Waals surface area contributed by atoms with Crippen molar-refractivity contribution in [3.8, 4) is 16.5 Å². The second kappa shape index (κ2) is 4.02. The van der Waals surface area contributed by atoms with Gasteiger partial charge in [0.25, 0.3) is 5.89 Å². The molecule has 1 N–H and O–H groups in total. The van der Waals surface area contributed by atoms with E-state index in [0.717, 1.165) is 6.42 Å². The number of hydrogen-bond donors (Lipinski definition) is 1. The summed E-state index contributed by atoms with van der Waals surface area (Å²) in [4.78, 5) is 4.89. The minimum Gasteiger partial charge on any atom is -0.506 e. The average molecular weight is 224 g/mol. The predicted octanol–water partition coefficient (Wildman–Crippen LogP) is 3.02. The first-order valence-electron chi connectivity index (χ1n) is 4.82. The molecule has 0 radical (unpaired) electrons. The number of hydrogen-bond acceptors (Lipinski definition) is 5. The van der Waals surface area contributed by atoms with E-state index < -0.39 is 0 Å². The molecule has 0 aliphatic carbocycles. The van der Waals surface area contributed by atoms with Crippen molar-refractivity contribution in [2.75, 3.05) is 0 Å². The van der Waals surface area contributed by atoms with E-state index >= 15 is 0 Å². The molecular weight excluding hydrogens is 212 g/mol. The molecule has 4 nitrogen and oxygen atoms in total. The zero-order chi connectivity index (χ0) is 10.8. The third-order valence-electron chi connectivity index (χ3n) is 2.33. The zero-order valence-electron chi connectivity index (χ0n) is 8.60. The zero-order valence-corrected chi connectivity index (χ0v) is 9.41. The molecule has 1 unspecified atom stereocenters. The van der Waals surface area contributed by atoms with Gasteiger partial charge in [-0.25, -0.2) is 0 Å². The molecule has 2 heterocycles. The molecule has 0 aliphatic heterocycles. The lowest BCUT2D eigenvalue weighted by molar-refractivity contribution is 0.413. The first-order valence-corrected chi connectivity index (χ1v) is 5.70. The minimum absolute atomic E-state index is 0.194. The van der Waals surface area contributed by atoms with Gasteiger partial charge in [0.15, 0.2) is 5.82 Å². The maximum absolute atomic E-state index is 9.49. The maximum Gasteiger partial charge on any atom is 0.271 e. The Hall–Kier alpha value is -1.36. The Morgan fingerprint density at radius 3 is 3.00 bits per heavy atom. The van der Waals surface area contributed by atoms with Crippen LogP contribution in [-0.4, -0.2) is 15.2 Å². The van der Waals surface area contributed by atoms with Crippen LogP contribution in [0.15, 0.2) is 16.0 Å². The molecule has 80 valence electrons. The normalized spacial score (nSPS) is 12.9. The summed E-state index contributed by atoms with van der Waals surface area (Å²) >= 11 is 1.39. The van der Waals surface area contributed by atoms with Gasteiger partial charge in [-0.05, 0) is 17.9 Å². The first-order chi connectivity index (χ1) is 7.22. The average Bonchev–Trinajstić information content (AvgIpc) is 2.84. The topological polar surface area (TPSA) is 59.2 Å². The Labute approximate surface area is 91.6 Å². The van der Waals surface area contributed by atoms with E-state index in [9.17, 15) is 5.11 Å². The molecule has 1 atom stereocenters. The molecule has 0 fully saturated rings. The van der Waals surface area contributed by atoms with Crippen LogP contribution in [0.1, 0.15) is 32.0 Å². The van der Waals surface area contributed by atoms with Crippen LogP contribution in [0.3, 0.4) is 0 Å². The Morgan fingerprint density at radius 1 is 1.60 bits per heavy atom. The van der Waals surface area contributed by atoms with Crippen molar-refractivity contribution in [1.82, 2.24) is 10.1 Å². The van der Waals surface area contributed by atoms with Crippen LogP contribution in [0, 0.1) is 0 Å². The van der Waals surface area contributed by atoms with Gasteiger partial charge < -0.3 is 9.63 Å². The summed E-state index contributed by atoms with van der Waals surface area (Å²) in [5, 5.41) is 15.2. The number of thiophene rings is 1. The van der Waals surface area contributed by atoms with Crippen LogP contribution in [-0.2, 0) is 0 Å². The molecule has 2 aromatic heterocycles. The Kier molecular flexibility index (Phi) is 2.73. The minimum atomic E-state index is 0.194.